The number of nitrogens with two attached hydrogens (primary N) is 1. The van der Waals surface area contributed by atoms with E-state index in [0.717, 1.165) is 0 Å². The van der Waals surface area contributed by atoms with Gasteiger partial charge in [-0.25, -0.2) is 4.39 Å². The molecule has 1 aromatic heterocycles. The first-order chi connectivity index (χ1) is 8.11. The van der Waals surface area contributed by atoms with Crippen LogP contribution in [0.4, 0.5) is 4.39 Å². The Morgan fingerprint density at radius 3 is 2.59 bits per heavy atom. The summed E-state index contributed by atoms with van der Waals surface area (Å²) >= 11 is 0. The van der Waals surface area contributed by atoms with Crippen molar-refractivity contribution in [3.63, 3.8) is 0 Å². The van der Waals surface area contributed by atoms with Crippen molar-refractivity contribution in [1.82, 2.24) is 0 Å². The second kappa shape index (κ2) is 4.59. The highest BCUT2D eigenvalue weighted by molar-refractivity contribution is 5.59. The van der Waals surface area contributed by atoms with E-state index in [1.54, 1.807) is 24.3 Å². The Morgan fingerprint density at radius 2 is 2.06 bits per heavy atom. The van der Waals surface area contributed by atoms with Gasteiger partial charge in [-0.3, -0.25) is 0 Å². The van der Waals surface area contributed by atoms with E-state index in [4.69, 9.17) is 14.9 Å². The highest BCUT2D eigenvalue weighted by Gasteiger charge is 2.10. The van der Waals surface area contributed by atoms with E-state index < -0.39 is 5.82 Å². The first-order valence-electron chi connectivity index (χ1n) is 5.31. The van der Waals surface area contributed by atoms with Crippen molar-refractivity contribution >= 4 is 0 Å². The van der Waals surface area contributed by atoms with Crippen LogP contribution in [0.25, 0.3) is 11.3 Å². The van der Waals surface area contributed by atoms with Gasteiger partial charge in [-0.1, -0.05) is 0 Å². The summed E-state index contributed by atoms with van der Waals surface area (Å²) in [5, 5.41) is 0. The summed E-state index contributed by atoms with van der Waals surface area (Å²) < 4.78 is 23.9. The molecule has 0 spiro atoms. The van der Waals surface area contributed by atoms with Gasteiger partial charge in [0.1, 0.15) is 11.5 Å². The Bertz CT molecular complexity index is 520. The van der Waals surface area contributed by atoms with Crippen molar-refractivity contribution in [2.45, 2.75) is 13.0 Å². The van der Waals surface area contributed by atoms with Crippen LogP contribution in [-0.2, 0) is 0 Å². The third-order valence-corrected chi connectivity index (χ3v) is 2.51. The third kappa shape index (κ3) is 2.31. The van der Waals surface area contributed by atoms with Crippen LogP contribution in [0.15, 0.2) is 34.7 Å². The van der Waals surface area contributed by atoms with Gasteiger partial charge in [0.2, 0.25) is 0 Å². The third-order valence-electron chi connectivity index (χ3n) is 2.51. The van der Waals surface area contributed by atoms with E-state index in [1.165, 1.54) is 13.2 Å². The van der Waals surface area contributed by atoms with E-state index in [0.29, 0.717) is 17.1 Å². The normalized spacial score (nSPS) is 12.5. The number of halogens is 1. The molecule has 0 saturated carbocycles. The van der Waals surface area contributed by atoms with Crippen LogP contribution in [0, 0.1) is 5.82 Å². The molecule has 3 nitrogen and oxygen atoms in total. The maximum absolute atomic E-state index is 13.5. The molecule has 0 aliphatic carbocycles. The molecule has 1 aromatic carbocycles. The van der Waals surface area contributed by atoms with Crippen molar-refractivity contribution in [2.24, 2.45) is 5.73 Å². The molecule has 0 amide bonds. The minimum Gasteiger partial charge on any atom is -0.494 e. The Kier molecular flexibility index (Phi) is 3.15. The Labute approximate surface area is 99.0 Å². The summed E-state index contributed by atoms with van der Waals surface area (Å²) in [6.07, 6.45) is 0. The van der Waals surface area contributed by atoms with Crippen molar-refractivity contribution < 1.29 is 13.5 Å². The topological polar surface area (TPSA) is 48.4 Å². The number of benzene rings is 1. The highest BCUT2D eigenvalue weighted by Crippen LogP contribution is 2.28. The monoisotopic (exact) mass is 235 g/mol. The van der Waals surface area contributed by atoms with E-state index in [-0.39, 0.29) is 11.8 Å². The largest absolute Gasteiger partial charge is 0.494 e. The van der Waals surface area contributed by atoms with Crippen LogP contribution in [0.1, 0.15) is 18.7 Å². The number of ether oxygens (including phenoxy) is 1. The zero-order valence-electron chi connectivity index (χ0n) is 9.74. The summed E-state index contributed by atoms with van der Waals surface area (Å²) in [4.78, 5) is 0. The molecule has 1 unspecified atom stereocenters. The van der Waals surface area contributed by atoms with Gasteiger partial charge < -0.3 is 14.9 Å². The first-order valence-corrected chi connectivity index (χ1v) is 5.31. The summed E-state index contributed by atoms with van der Waals surface area (Å²) in [6.45, 7) is 1.83. The number of rotatable bonds is 3. The number of hydrogen-bond donors (Lipinski definition) is 1. The van der Waals surface area contributed by atoms with Gasteiger partial charge in [0, 0.05) is 5.56 Å². The van der Waals surface area contributed by atoms with Gasteiger partial charge >= 0.3 is 0 Å². The Balaban J connectivity index is 2.36. The summed E-state index contributed by atoms with van der Waals surface area (Å²) in [6, 6.07) is 8.08. The van der Waals surface area contributed by atoms with E-state index in [2.05, 4.69) is 0 Å². The van der Waals surface area contributed by atoms with Crippen molar-refractivity contribution in [3.05, 3.63) is 41.9 Å². The number of furan rings is 1. The maximum atomic E-state index is 13.5. The second-order valence-electron chi connectivity index (χ2n) is 3.84. The minimum atomic E-state index is -0.413. The van der Waals surface area contributed by atoms with Gasteiger partial charge in [0.25, 0.3) is 0 Å². The molecule has 0 radical (unpaired) electrons. The summed E-state index contributed by atoms with van der Waals surface area (Å²) in [7, 11) is 1.43. The molecular formula is C13H14FNO2. The van der Waals surface area contributed by atoms with Crippen LogP contribution in [-0.4, -0.2) is 7.11 Å². The molecule has 0 fully saturated rings. The van der Waals surface area contributed by atoms with Crippen molar-refractivity contribution in [1.29, 1.82) is 0 Å². The van der Waals surface area contributed by atoms with Crippen LogP contribution >= 0.6 is 0 Å². The molecule has 0 saturated heterocycles. The Morgan fingerprint density at radius 1 is 1.29 bits per heavy atom. The molecule has 2 rings (SSSR count). The molecule has 1 atom stereocenters. The zero-order chi connectivity index (χ0) is 12.4. The number of methoxy groups -OCH3 is 1. The van der Waals surface area contributed by atoms with Gasteiger partial charge in [-0.2, -0.15) is 0 Å². The van der Waals surface area contributed by atoms with Crippen LogP contribution in [0.3, 0.4) is 0 Å². The summed E-state index contributed by atoms with van der Waals surface area (Å²) in [5.41, 5.74) is 6.36. The van der Waals surface area contributed by atoms with Crippen LogP contribution in [0.2, 0.25) is 0 Å². The average molecular weight is 235 g/mol. The average Bonchev–Trinajstić information content (AvgIpc) is 2.78. The van der Waals surface area contributed by atoms with Gasteiger partial charge in [-0.05, 0) is 37.3 Å². The lowest BCUT2D eigenvalue weighted by Crippen LogP contribution is -2.02. The highest BCUT2D eigenvalue weighted by atomic mass is 19.1. The Hall–Kier alpha value is -1.81. The smallest absolute Gasteiger partial charge is 0.165 e. The molecule has 1 heterocycles. The zero-order valence-corrected chi connectivity index (χ0v) is 9.74. The molecular weight excluding hydrogens is 221 g/mol. The molecule has 0 aliphatic heterocycles. The predicted molar refractivity (Wildman–Crippen MR) is 63.3 cm³/mol. The second-order valence-corrected chi connectivity index (χ2v) is 3.84. The van der Waals surface area contributed by atoms with Gasteiger partial charge in [-0.15, -0.1) is 0 Å². The molecule has 4 heteroatoms. The SMILES string of the molecule is COc1ccc(-c2ccc(C(C)N)o2)cc1F. The predicted octanol–water partition coefficient (Wildman–Crippen LogP) is 3.11. The van der Waals surface area contributed by atoms with Crippen molar-refractivity contribution in [3.8, 4) is 17.1 Å². The molecule has 2 aromatic rings. The molecule has 0 aliphatic rings. The first kappa shape index (κ1) is 11.7. The van der Waals surface area contributed by atoms with E-state index in [1.807, 2.05) is 6.92 Å². The lowest BCUT2D eigenvalue weighted by atomic mass is 10.1. The van der Waals surface area contributed by atoms with Crippen molar-refractivity contribution in [2.75, 3.05) is 7.11 Å². The fourth-order valence-corrected chi connectivity index (χ4v) is 1.57. The molecule has 90 valence electrons. The molecule has 17 heavy (non-hydrogen) atoms. The van der Waals surface area contributed by atoms with Gasteiger partial charge in [0.15, 0.2) is 11.6 Å². The minimum absolute atomic E-state index is 0.174. The van der Waals surface area contributed by atoms with E-state index in [9.17, 15) is 4.39 Å². The van der Waals surface area contributed by atoms with Crippen LogP contribution < -0.4 is 10.5 Å². The lowest BCUT2D eigenvalue weighted by Gasteiger charge is -2.03. The van der Waals surface area contributed by atoms with Gasteiger partial charge in [0.05, 0.1) is 13.2 Å². The number of hydrogen-bond acceptors (Lipinski definition) is 3. The molecule has 0 bridgehead atoms. The molecule has 2 N–H and O–H groups in total. The summed E-state index contributed by atoms with van der Waals surface area (Å²) in [5.74, 6) is 1.08. The lowest BCUT2D eigenvalue weighted by molar-refractivity contribution is 0.386. The standard InChI is InChI=1S/C13H14FNO2/c1-8(15)11-5-6-12(17-11)9-3-4-13(16-2)10(14)7-9/h3-8H,15H2,1-2H3. The fraction of sp³-hybridized carbons (Fsp3) is 0.231. The van der Waals surface area contributed by atoms with Crippen LogP contribution in [0.5, 0.6) is 5.75 Å². The maximum Gasteiger partial charge on any atom is 0.165 e. The fourth-order valence-electron chi connectivity index (χ4n) is 1.57. The van der Waals surface area contributed by atoms with E-state index >= 15 is 0 Å². The quantitative estimate of drug-likeness (QED) is 0.889.